The van der Waals surface area contributed by atoms with Crippen molar-refractivity contribution < 1.29 is 15.0 Å². The number of fused-ring (bicyclic) bond motifs is 5. The first kappa shape index (κ1) is 16.8. The summed E-state index contributed by atoms with van der Waals surface area (Å²) in [7, 11) is 0. The Kier molecular flexibility index (Phi) is 3.46. The van der Waals surface area contributed by atoms with Gasteiger partial charge in [0.05, 0.1) is 11.7 Å². The summed E-state index contributed by atoms with van der Waals surface area (Å²) in [6.07, 6.45) is 6.66. The van der Waals surface area contributed by atoms with Gasteiger partial charge in [-0.2, -0.15) is 0 Å². The monoisotopic (exact) mass is 332 g/mol. The highest BCUT2D eigenvalue weighted by molar-refractivity contribution is 5.91. The van der Waals surface area contributed by atoms with Crippen molar-refractivity contribution in [2.45, 2.75) is 77.9 Å². The molecule has 0 unspecified atom stereocenters. The van der Waals surface area contributed by atoms with E-state index in [0.29, 0.717) is 30.6 Å². The molecule has 0 aromatic rings. The van der Waals surface area contributed by atoms with Gasteiger partial charge in [0, 0.05) is 11.8 Å². The minimum atomic E-state index is -0.674. The zero-order valence-electron chi connectivity index (χ0n) is 15.5. The number of ketones is 1. The molecule has 0 radical (unpaired) electrons. The number of hydrogen-bond donors (Lipinski definition) is 2. The van der Waals surface area contributed by atoms with Crippen molar-refractivity contribution >= 4 is 5.78 Å². The first-order valence-electron chi connectivity index (χ1n) is 9.75. The lowest BCUT2D eigenvalue weighted by Crippen LogP contribution is -2.60. The summed E-state index contributed by atoms with van der Waals surface area (Å²) in [5.74, 6) is 1.84. The van der Waals surface area contributed by atoms with Crippen molar-refractivity contribution in [2.75, 3.05) is 0 Å². The Bertz CT molecular complexity index is 606. The number of carbonyl (C=O) groups excluding carboxylic acids is 1. The fourth-order valence-corrected chi connectivity index (χ4v) is 7.34. The van der Waals surface area contributed by atoms with Crippen molar-refractivity contribution in [3.05, 3.63) is 11.6 Å². The highest BCUT2D eigenvalue weighted by Gasteiger charge is 2.65. The molecule has 8 atom stereocenters. The average Bonchev–Trinajstić information content (AvgIpc) is 2.71. The van der Waals surface area contributed by atoms with E-state index in [4.69, 9.17) is 0 Å². The van der Waals surface area contributed by atoms with Crippen molar-refractivity contribution in [1.82, 2.24) is 0 Å². The van der Waals surface area contributed by atoms with Crippen LogP contribution >= 0.6 is 0 Å². The van der Waals surface area contributed by atoms with Crippen LogP contribution in [0.2, 0.25) is 0 Å². The third-order valence-electron chi connectivity index (χ3n) is 8.78. The maximum Gasteiger partial charge on any atom is 0.155 e. The zero-order chi connectivity index (χ0) is 17.5. The summed E-state index contributed by atoms with van der Waals surface area (Å²) in [5.41, 5.74) is 0.375. The predicted molar refractivity (Wildman–Crippen MR) is 93.3 cm³/mol. The summed E-state index contributed by atoms with van der Waals surface area (Å²) < 4.78 is 0. The number of rotatable bonds is 0. The van der Waals surface area contributed by atoms with Gasteiger partial charge in [-0.25, -0.2) is 0 Å². The van der Waals surface area contributed by atoms with Gasteiger partial charge in [-0.1, -0.05) is 26.3 Å². The SMILES string of the molecule is C[C@H]1C[C@@H]2[C@H]([C@H](O)C[C@]3(C)[C@@H]2CC[C@]3(C)O)[C@]2(C)CCC(=O)C=C12. The van der Waals surface area contributed by atoms with E-state index in [2.05, 4.69) is 20.8 Å². The molecule has 0 amide bonds. The number of aliphatic hydroxyl groups is 2. The van der Waals surface area contributed by atoms with Crippen LogP contribution < -0.4 is 0 Å². The van der Waals surface area contributed by atoms with Crippen LogP contribution in [-0.4, -0.2) is 27.7 Å². The van der Waals surface area contributed by atoms with Crippen LogP contribution in [0.15, 0.2) is 11.6 Å². The minimum Gasteiger partial charge on any atom is -0.393 e. The molecule has 0 aliphatic heterocycles. The lowest BCUT2D eigenvalue weighted by molar-refractivity contribution is -0.170. The number of allylic oxidation sites excluding steroid dienone is 1. The Hall–Kier alpha value is -0.670. The van der Waals surface area contributed by atoms with E-state index in [1.807, 2.05) is 13.0 Å². The van der Waals surface area contributed by atoms with E-state index in [1.54, 1.807) is 0 Å². The smallest absolute Gasteiger partial charge is 0.155 e. The Morgan fingerprint density at radius 3 is 2.62 bits per heavy atom. The molecular weight excluding hydrogens is 300 g/mol. The molecule has 4 aliphatic rings. The summed E-state index contributed by atoms with van der Waals surface area (Å²) in [5, 5.41) is 22.2. The average molecular weight is 332 g/mol. The standard InChI is InChI=1S/C21H32O3/c1-12-9-14-15-6-8-21(4,24)20(15,3)11-17(23)18(14)19(2)7-5-13(22)10-16(12)19/h10,12,14-15,17-18,23-24H,5-9,11H2,1-4H3/t12-,14-,15+,17+,18+,19+,20+,21-/m0/s1. The van der Waals surface area contributed by atoms with E-state index in [-0.39, 0.29) is 28.6 Å². The van der Waals surface area contributed by atoms with Crippen LogP contribution in [0.1, 0.15) is 66.2 Å². The molecule has 3 saturated carbocycles. The number of carbonyl (C=O) groups is 1. The molecule has 0 bridgehead atoms. The van der Waals surface area contributed by atoms with Gasteiger partial charge in [0.2, 0.25) is 0 Å². The molecule has 134 valence electrons. The van der Waals surface area contributed by atoms with Gasteiger partial charge in [-0.3, -0.25) is 4.79 Å². The van der Waals surface area contributed by atoms with E-state index in [1.165, 1.54) is 5.57 Å². The normalized spacial score (nSPS) is 57.0. The fraction of sp³-hybridized carbons (Fsp3) is 0.857. The van der Waals surface area contributed by atoms with Gasteiger partial charge >= 0.3 is 0 Å². The second-order valence-electron chi connectivity index (χ2n) is 9.92. The van der Waals surface area contributed by atoms with Crippen LogP contribution in [0.4, 0.5) is 0 Å². The zero-order valence-corrected chi connectivity index (χ0v) is 15.5. The van der Waals surface area contributed by atoms with Crippen molar-refractivity contribution in [3.8, 4) is 0 Å². The molecule has 0 saturated heterocycles. The molecule has 0 heterocycles. The molecular formula is C21H32O3. The summed E-state index contributed by atoms with van der Waals surface area (Å²) in [6.45, 7) is 8.72. The molecule has 4 rings (SSSR count). The van der Waals surface area contributed by atoms with Gasteiger partial charge in [0.25, 0.3) is 0 Å². The van der Waals surface area contributed by atoms with E-state index >= 15 is 0 Å². The van der Waals surface area contributed by atoms with Crippen LogP contribution in [0.25, 0.3) is 0 Å². The van der Waals surface area contributed by atoms with Crippen LogP contribution in [0, 0.1) is 34.5 Å². The van der Waals surface area contributed by atoms with Crippen molar-refractivity contribution in [2.24, 2.45) is 34.5 Å². The van der Waals surface area contributed by atoms with E-state index in [0.717, 1.165) is 25.7 Å². The van der Waals surface area contributed by atoms with E-state index < -0.39 is 5.60 Å². The number of hydrogen-bond acceptors (Lipinski definition) is 3. The maximum atomic E-state index is 12.0. The molecule has 0 aromatic heterocycles. The fourth-order valence-electron chi connectivity index (χ4n) is 7.34. The van der Waals surface area contributed by atoms with Crippen LogP contribution in [-0.2, 0) is 4.79 Å². The highest BCUT2D eigenvalue weighted by Crippen LogP contribution is 2.68. The highest BCUT2D eigenvalue weighted by atomic mass is 16.3. The molecule has 3 nitrogen and oxygen atoms in total. The van der Waals surface area contributed by atoms with Gasteiger partial charge in [-0.15, -0.1) is 0 Å². The van der Waals surface area contributed by atoms with Crippen LogP contribution in [0.5, 0.6) is 0 Å². The van der Waals surface area contributed by atoms with Crippen molar-refractivity contribution in [3.63, 3.8) is 0 Å². The second-order valence-corrected chi connectivity index (χ2v) is 9.92. The van der Waals surface area contributed by atoms with Gasteiger partial charge in [0.15, 0.2) is 5.78 Å². The minimum absolute atomic E-state index is 0.0502. The van der Waals surface area contributed by atoms with Gasteiger partial charge < -0.3 is 10.2 Å². The number of aliphatic hydroxyl groups excluding tert-OH is 1. The largest absolute Gasteiger partial charge is 0.393 e. The van der Waals surface area contributed by atoms with Gasteiger partial charge in [0.1, 0.15) is 0 Å². The maximum absolute atomic E-state index is 12.0. The lowest BCUT2D eigenvalue weighted by atomic mass is 9.44. The summed E-state index contributed by atoms with van der Waals surface area (Å²) >= 11 is 0. The quantitative estimate of drug-likeness (QED) is 0.714. The molecule has 24 heavy (non-hydrogen) atoms. The van der Waals surface area contributed by atoms with E-state index in [9.17, 15) is 15.0 Å². The second kappa shape index (κ2) is 4.94. The topological polar surface area (TPSA) is 57.5 Å². The Labute approximate surface area is 145 Å². The predicted octanol–water partition coefficient (Wildman–Crippen LogP) is 3.49. The molecule has 0 spiro atoms. The third kappa shape index (κ3) is 1.94. The molecule has 4 aliphatic carbocycles. The Morgan fingerprint density at radius 1 is 1.21 bits per heavy atom. The first-order valence-corrected chi connectivity index (χ1v) is 9.75. The molecule has 2 N–H and O–H groups in total. The summed E-state index contributed by atoms with van der Waals surface area (Å²) in [6, 6.07) is 0. The van der Waals surface area contributed by atoms with Crippen LogP contribution in [0.3, 0.4) is 0 Å². The molecule has 3 fully saturated rings. The Morgan fingerprint density at radius 2 is 1.92 bits per heavy atom. The lowest BCUT2D eigenvalue weighted by Gasteiger charge is -2.61. The third-order valence-corrected chi connectivity index (χ3v) is 8.78. The molecule has 0 aromatic carbocycles. The van der Waals surface area contributed by atoms with Gasteiger partial charge in [-0.05, 0) is 74.2 Å². The summed E-state index contributed by atoms with van der Waals surface area (Å²) in [4.78, 5) is 12.0. The van der Waals surface area contributed by atoms with Crippen molar-refractivity contribution in [1.29, 1.82) is 0 Å². The Balaban J connectivity index is 1.79. The molecule has 3 heteroatoms. The first-order chi connectivity index (χ1) is 11.1.